The molecule has 2 aromatic carbocycles. The van der Waals surface area contributed by atoms with Crippen molar-refractivity contribution in [2.75, 3.05) is 22.4 Å². The number of halogens is 1. The van der Waals surface area contributed by atoms with E-state index in [2.05, 4.69) is 5.32 Å². The molecule has 0 spiro atoms. The third-order valence-corrected chi connectivity index (χ3v) is 5.63. The van der Waals surface area contributed by atoms with E-state index in [1.54, 1.807) is 18.2 Å². The lowest BCUT2D eigenvalue weighted by Crippen LogP contribution is -2.34. The minimum atomic E-state index is -3.45. The fourth-order valence-corrected chi connectivity index (χ4v) is 4.17. The van der Waals surface area contributed by atoms with Crippen LogP contribution in [0.15, 0.2) is 36.4 Å². The van der Waals surface area contributed by atoms with Crippen LogP contribution in [0.2, 0.25) is 5.02 Å². The van der Waals surface area contributed by atoms with Crippen molar-refractivity contribution >= 4 is 44.6 Å². The molecule has 27 heavy (non-hydrogen) atoms. The number of anilines is 2. The molecule has 0 radical (unpaired) electrons. The monoisotopic (exact) mass is 409 g/mol. The number of hydrogen-bond acceptors (Lipinski definition) is 5. The Balaban J connectivity index is 1.95. The molecule has 0 atom stereocenters. The number of carbonyl (C=O) groups is 1. The minimum absolute atomic E-state index is 0.176. The maximum atomic E-state index is 12.5. The standard InChI is InChI=1S/C17H16ClN3O5S/c1-27(25,26)20-8-2-3-11-4-6-13(10-16(11)20)19-17(22)14-9-12(18)5-7-15(14)21(23)24/h4-7,9-10H,2-3,8H2,1H3,(H,19,22). The van der Waals surface area contributed by atoms with E-state index in [-0.39, 0.29) is 16.3 Å². The zero-order chi connectivity index (χ0) is 19.8. The molecule has 1 amide bonds. The third-order valence-electron chi connectivity index (χ3n) is 4.22. The van der Waals surface area contributed by atoms with Crippen LogP contribution in [0.25, 0.3) is 0 Å². The molecule has 10 heteroatoms. The lowest BCUT2D eigenvalue weighted by Gasteiger charge is -2.29. The van der Waals surface area contributed by atoms with Crippen molar-refractivity contribution in [1.29, 1.82) is 0 Å². The maximum Gasteiger partial charge on any atom is 0.282 e. The highest BCUT2D eigenvalue weighted by molar-refractivity contribution is 7.92. The number of nitro benzene ring substituents is 1. The lowest BCUT2D eigenvalue weighted by molar-refractivity contribution is -0.385. The smallest absolute Gasteiger partial charge is 0.282 e. The van der Waals surface area contributed by atoms with Gasteiger partial charge in [0, 0.05) is 23.3 Å². The summed E-state index contributed by atoms with van der Waals surface area (Å²) in [7, 11) is -3.45. The Hall–Kier alpha value is -2.65. The van der Waals surface area contributed by atoms with E-state index in [1.807, 2.05) is 0 Å². The Bertz CT molecular complexity index is 1040. The van der Waals surface area contributed by atoms with Gasteiger partial charge in [-0.1, -0.05) is 17.7 Å². The van der Waals surface area contributed by atoms with E-state index >= 15 is 0 Å². The molecule has 1 aliphatic rings. The van der Waals surface area contributed by atoms with Crippen molar-refractivity contribution < 1.29 is 18.1 Å². The van der Waals surface area contributed by atoms with Crippen LogP contribution in [0.5, 0.6) is 0 Å². The molecule has 1 N–H and O–H groups in total. The number of hydrogen-bond donors (Lipinski definition) is 1. The Labute approximate surface area is 160 Å². The summed E-state index contributed by atoms with van der Waals surface area (Å²) in [4.78, 5) is 23.0. The van der Waals surface area contributed by atoms with Gasteiger partial charge >= 0.3 is 0 Å². The number of nitrogens with one attached hydrogen (secondary N) is 1. The Kier molecular flexibility index (Phi) is 5.07. The first-order valence-corrected chi connectivity index (χ1v) is 10.3. The minimum Gasteiger partial charge on any atom is -0.322 e. The second kappa shape index (κ2) is 7.16. The van der Waals surface area contributed by atoms with Gasteiger partial charge in [-0.25, -0.2) is 8.42 Å². The molecule has 0 bridgehead atoms. The molecule has 0 unspecified atom stereocenters. The zero-order valence-electron chi connectivity index (χ0n) is 14.3. The first kappa shape index (κ1) is 19.1. The molecule has 8 nitrogen and oxygen atoms in total. The van der Waals surface area contributed by atoms with Gasteiger partial charge in [0.15, 0.2) is 0 Å². The predicted molar refractivity (Wildman–Crippen MR) is 103 cm³/mol. The van der Waals surface area contributed by atoms with Crippen LogP contribution >= 0.6 is 11.6 Å². The van der Waals surface area contributed by atoms with Crippen LogP contribution in [-0.2, 0) is 16.4 Å². The summed E-state index contributed by atoms with van der Waals surface area (Å²) < 4.78 is 25.3. The Morgan fingerprint density at radius 2 is 2.00 bits per heavy atom. The number of nitrogens with zero attached hydrogens (tertiary/aromatic N) is 2. The van der Waals surface area contributed by atoms with Crippen molar-refractivity contribution in [3.8, 4) is 0 Å². The predicted octanol–water partition coefficient (Wildman–Crippen LogP) is 3.21. The summed E-state index contributed by atoms with van der Waals surface area (Å²) in [5.74, 6) is -0.703. The molecular formula is C17H16ClN3O5S. The van der Waals surface area contributed by atoms with Gasteiger partial charge in [0.2, 0.25) is 10.0 Å². The number of sulfonamides is 1. The van der Waals surface area contributed by atoms with Gasteiger partial charge in [0.05, 0.1) is 16.9 Å². The number of nitro groups is 1. The topological polar surface area (TPSA) is 110 Å². The van der Waals surface area contributed by atoms with Gasteiger partial charge in [-0.15, -0.1) is 0 Å². The number of aryl methyl sites for hydroxylation is 1. The van der Waals surface area contributed by atoms with E-state index in [1.165, 1.54) is 16.4 Å². The molecule has 2 aromatic rings. The average molecular weight is 410 g/mol. The van der Waals surface area contributed by atoms with Gasteiger partial charge in [-0.2, -0.15) is 0 Å². The van der Waals surface area contributed by atoms with Crippen LogP contribution in [0, 0.1) is 10.1 Å². The van der Waals surface area contributed by atoms with E-state index in [0.29, 0.717) is 24.3 Å². The first-order chi connectivity index (χ1) is 12.7. The van der Waals surface area contributed by atoms with Gasteiger partial charge in [-0.3, -0.25) is 19.2 Å². The maximum absolute atomic E-state index is 12.5. The first-order valence-electron chi connectivity index (χ1n) is 8.03. The summed E-state index contributed by atoms with van der Waals surface area (Å²) in [6.07, 6.45) is 2.57. The molecule has 0 saturated carbocycles. The van der Waals surface area contributed by atoms with Gasteiger partial charge in [0.1, 0.15) is 5.56 Å². The molecule has 0 saturated heterocycles. The molecule has 0 aromatic heterocycles. The second-order valence-electron chi connectivity index (χ2n) is 6.15. The molecule has 0 aliphatic carbocycles. The molecule has 1 heterocycles. The van der Waals surface area contributed by atoms with Gasteiger partial charge < -0.3 is 5.32 Å². The summed E-state index contributed by atoms with van der Waals surface area (Å²) in [5.41, 5.74) is 1.15. The van der Waals surface area contributed by atoms with E-state index in [0.717, 1.165) is 24.3 Å². The van der Waals surface area contributed by atoms with Crippen molar-refractivity contribution in [3.63, 3.8) is 0 Å². The summed E-state index contributed by atoms with van der Waals surface area (Å²) in [6.45, 7) is 0.364. The van der Waals surface area contributed by atoms with E-state index < -0.39 is 20.9 Å². The van der Waals surface area contributed by atoms with Gasteiger partial charge in [0.25, 0.3) is 11.6 Å². The Morgan fingerprint density at radius 3 is 2.67 bits per heavy atom. The molecule has 3 rings (SSSR count). The second-order valence-corrected chi connectivity index (χ2v) is 8.50. The number of carbonyl (C=O) groups excluding carboxylic acids is 1. The zero-order valence-corrected chi connectivity index (χ0v) is 15.9. The van der Waals surface area contributed by atoms with Crippen molar-refractivity contribution in [2.45, 2.75) is 12.8 Å². The van der Waals surface area contributed by atoms with Crippen LogP contribution in [-0.4, -0.2) is 32.0 Å². The highest BCUT2D eigenvalue weighted by Crippen LogP contribution is 2.32. The Morgan fingerprint density at radius 1 is 1.26 bits per heavy atom. The van der Waals surface area contributed by atoms with Crippen molar-refractivity contribution in [2.24, 2.45) is 0 Å². The van der Waals surface area contributed by atoms with Gasteiger partial charge in [-0.05, 0) is 42.7 Å². The molecule has 0 fully saturated rings. The van der Waals surface area contributed by atoms with Crippen LogP contribution < -0.4 is 9.62 Å². The normalized spacial score (nSPS) is 13.8. The van der Waals surface area contributed by atoms with Crippen LogP contribution in [0.3, 0.4) is 0 Å². The number of rotatable bonds is 4. The molecular weight excluding hydrogens is 394 g/mol. The molecule has 142 valence electrons. The van der Waals surface area contributed by atoms with E-state index in [4.69, 9.17) is 11.6 Å². The SMILES string of the molecule is CS(=O)(=O)N1CCCc2ccc(NC(=O)c3cc(Cl)ccc3[N+](=O)[O-])cc21. The van der Waals surface area contributed by atoms with Crippen molar-refractivity contribution in [3.05, 3.63) is 62.7 Å². The summed E-state index contributed by atoms with van der Waals surface area (Å²) in [6, 6.07) is 8.66. The molecule has 1 aliphatic heterocycles. The highest BCUT2D eigenvalue weighted by atomic mass is 35.5. The largest absolute Gasteiger partial charge is 0.322 e. The quantitative estimate of drug-likeness (QED) is 0.615. The number of fused-ring (bicyclic) bond motifs is 1. The lowest BCUT2D eigenvalue weighted by atomic mass is 10.0. The fourth-order valence-electron chi connectivity index (χ4n) is 3.01. The third kappa shape index (κ3) is 4.04. The van der Waals surface area contributed by atoms with Crippen LogP contribution in [0.4, 0.5) is 17.1 Å². The van der Waals surface area contributed by atoms with Crippen LogP contribution in [0.1, 0.15) is 22.3 Å². The summed E-state index contributed by atoms with van der Waals surface area (Å²) >= 11 is 5.86. The highest BCUT2D eigenvalue weighted by Gasteiger charge is 2.25. The van der Waals surface area contributed by atoms with E-state index in [9.17, 15) is 23.3 Å². The fraction of sp³-hybridized carbons (Fsp3) is 0.235. The van der Waals surface area contributed by atoms with Crippen molar-refractivity contribution in [1.82, 2.24) is 0 Å². The summed E-state index contributed by atoms with van der Waals surface area (Å²) in [5, 5.41) is 13.9. The number of amides is 1. The average Bonchev–Trinajstić information content (AvgIpc) is 2.59. The number of benzene rings is 2.